The van der Waals surface area contributed by atoms with Gasteiger partial charge in [0.1, 0.15) is 11.5 Å². The molecule has 0 aliphatic heterocycles. The fourth-order valence-corrected chi connectivity index (χ4v) is 4.82. The molecule has 44 heavy (non-hydrogen) atoms. The van der Waals surface area contributed by atoms with E-state index in [1.54, 1.807) is 48.8 Å². The van der Waals surface area contributed by atoms with Crippen LogP contribution in [0.15, 0.2) is 48.8 Å². The van der Waals surface area contributed by atoms with Crippen molar-refractivity contribution in [2.24, 2.45) is 0 Å². The molecule has 0 amide bonds. The van der Waals surface area contributed by atoms with Gasteiger partial charge in [0.05, 0.1) is 23.9 Å². The SMILES string of the molecule is CC(=O)Oc1cccc2c1c(CCN(C)C)cn2OC(=O)CCC(=O)On1cc(CCN(C)C)c2c(OC(C)=O)cccc21. The lowest BCUT2D eigenvalue weighted by Crippen LogP contribution is -2.23. The third-order valence-electron chi connectivity index (χ3n) is 6.77. The lowest BCUT2D eigenvalue weighted by Gasteiger charge is -2.09. The monoisotopic (exact) mass is 606 g/mol. The van der Waals surface area contributed by atoms with Crippen molar-refractivity contribution in [3.8, 4) is 11.5 Å². The Hall–Kier alpha value is -4.68. The van der Waals surface area contributed by atoms with Crippen LogP contribution in [0.1, 0.15) is 37.8 Å². The third kappa shape index (κ3) is 8.03. The molecule has 4 rings (SSSR count). The number of likely N-dealkylation sites (N-methyl/N-ethyl adjacent to an activating group) is 2. The van der Waals surface area contributed by atoms with Crippen molar-refractivity contribution in [1.29, 1.82) is 0 Å². The molecule has 0 saturated carbocycles. The van der Waals surface area contributed by atoms with Gasteiger partial charge in [-0.25, -0.2) is 9.59 Å². The van der Waals surface area contributed by atoms with Gasteiger partial charge in [-0.3, -0.25) is 9.59 Å². The maximum atomic E-state index is 12.9. The zero-order valence-corrected chi connectivity index (χ0v) is 25.9. The van der Waals surface area contributed by atoms with Crippen molar-refractivity contribution in [3.63, 3.8) is 0 Å². The second-order valence-electron chi connectivity index (χ2n) is 11.0. The molecule has 12 nitrogen and oxygen atoms in total. The van der Waals surface area contributed by atoms with Crippen LogP contribution in [0.5, 0.6) is 11.5 Å². The molecule has 0 spiro atoms. The van der Waals surface area contributed by atoms with E-state index in [0.29, 0.717) is 46.1 Å². The van der Waals surface area contributed by atoms with Gasteiger partial charge >= 0.3 is 23.9 Å². The molecular weight excluding hydrogens is 568 g/mol. The topological polar surface area (TPSA) is 122 Å². The second kappa shape index (κ2) is 14.2. The first-order chi connectivity index (χ1) is 20.9. The fourth-order valence-electron chi connectivity index (χ4n) is 4.82. The Morgan fingerprint density at radius 1 is 0.636 bits per heavy atom. The minimum atomic E-state index is -0.642. The van der Waals surface area contributed by atoms with E-state index in [1.165, 1.54) is 23.3 Å². The average molecular weight is 607 g/mol. The van der Waals surface area contributed by atoms with E-state index in [1.807, 2.05) is 38.0 Å². The lowest BCUT2D eigenvalue weighted by atomic mass is 10.1. The number of aromatic nitrogens is 2. The molecule has 0 saturated heterocycles. The van der Waals surface area contributed by atoms with Gasteiger partial charge < -0.3 is 28.9 Å². The van der Waals surface area contributed by atoms with Gasteiger partial charge in [-0.05, 0) is 76.4 Å². The number of hydrogen-bond acceptors (Lipinski definition) is 10. The Morgan fingerprint density at radius 3 is 1.36 bits per heavy atom. The normalized spacial score (nSPS) is 11.4. The number of benzene rings is 2. The largest absolute Gasteiger partial charge is 0.426 e. The van der Waals surface area contributed by atoms with Crippen LogP contribution in [0.2, 0.25) is 0 Å². The summed E-state index contributed by atoms with van der Waals surface area (Å²) < 4.78 is 13.5. The maximum absolute atomic E-state index is 12.9. The number of fused-ring (bicyclic) bond motifs is 2. The standard InChI is InChI=1S/C32H38N4O8/c1-21(37)41-27-11-7-9-25-31(27)23(15-17-33(3)4)19-35(25)43-29(39)13-14-30(40)44-36-20-24(16-18-34(5)6)32-26(36)10-8-12-28(32)42-22(2)38/h7-12,19-20H,13-18H2,1-6H3. The van der Waals surface area contributed by atoms with Crippen LogP contribution in [-0.4, -0.2) is 84.4 Å². The van der Waals surface area contributed by atoms with Crippen LogP contribution < -0.4 is 19.1 Å². The summed E-state index contributed by atoms with van der Waals surface area (Å²) in [6.07, 6.45) is 4.16. The molecule has 0 bridgehead atoms. The first kappa shape index (κ1) is 32.2. The van der Waals surface area contributed by atoms with Gasteiger partial charge in [-0.1, -0.05) is 12.1 Å². The minimum Gasteiger partial charge on any atom is -0.426 e. The molecule has 12 heteroatoms. The Kier molecular flexibility index (Phi) is 10.4. The predicted molar refractivity (Wildman–Crippen MR) is 163 cm³/mol. The van der Waals surface area contributed by atoms with Gasteiger partial charge in [0.15, 0.2) is 0 Å². The summed E-state index contributed by atoms with van der Waals surface area (Å²) in [5, 5.41) is 1.35. The van der Waals surface area contributed by atoms with Crippen molar-refractivity contribution < 1.29 is 38.3 Å². The number of nitrogens with zero attached hydrogens (tertiary/aromatic N) is 4. The summed E-state index contributed by atoms with van der Waals surface area (Å²) >= 11 is 0. The smallest absolute Gasteiger partial charge is 0.333 e. The molecule has 0 fully saturated rings. The van der Waals surface area contributed by atoms with Crippen LogP contribution in [0.3, 0.4) is 0 Å². The van der Waals surface area contributed by atoms with Crippen LogP contribution >= 0.6 is 0 Å². The molecule has 234 valence electrons. The van der Waals surface area contributed by atoms with Crippen molar-refractivity contribution in [3.05, 3.63) is 59.9 Å². The highest BCUT2D eigenvalue weighted by molar-refractivity contribution is 5.93. The van der Waals surface area contributed by atoms with E-state index in [-0.39, 0.29) is 12.8 Å². The summed E-state index contributed by atoms with van der Waals surface area (Å²) in [6, 6.07) is 10.3. The van der Waals surface area contributed by atoms with Gasteiger partial charge in [0.25, 0.3) is 0 Å². The Morgan fingerprint density at radius 2 is 1.02 bits per heavy atom. The highest BCUT2D eigenvalue weighted by Gasteiger charge is 2.20. The highest BCUT2D eigenvalue weighted by atomic mass is 16.7. The summed E-state index contributed by atoms with van der Waals surface area (Å²) in [5.41, 5.74) is 2.80. The van der Waals surface area contributed by atoms with E-state index in [2.05, 4.69) is 0 Å². The number of rotatable bonds is 13. The van der Waals surface area contributed by atoms with Gasteiger partial charge in [0, 0.05) is 50.1 Å². The fraction of sp³-hybridized carbons (Fsp3) is 0.375. The van der Waals surface area contributed by atoms with Crippen molar-refractivity contribution in [1.82, 2.24) is 19.3 Å². The summed E-state index contributed by atoms with van der Waals surface area (Å²) in [7, 11) is 7.80. The van der Waals surface area contributed by atoms with Crippen molar-refractivity contribution in [2.75, 3.05) is 41.3 Å². The molecule has 2 heterocycles. The molecule has 2 aromatic carbocycles. The number of carbonyl (C=O) groups is 4. The van der Waals surface area contributed by atoms with Crippen molar-refractivity contribution >= 4 is 45.7 Å². The summed E-state index contributed by atoms with van der Waals surface area (Å²) in [4.78, 5) is 64.4. The zero-order chi connectivity index (χ0) is 32.0. The molecule has 0 aliphatic rings. The second-order valence-corrected chi connectivity index (χ2v) is 11.0. The number of hydrogen-bond donors (Lipinski definition) is 0. The Balaban J connectivity index is 1.49. The molecule has 0 unspecified atom stereocenters. The number of esters is 2. The van der Waals surface area contributed by atoms with Crippen LogP contribution in [0.25, 0.3) is 21.8 Å². The first-order valence-corrected chi connectivity index (χ1v) is 14.3. The van der Waals surface area contributed by atoms with E-state index < -0.39 is 23.9 Å². The third-order valence-corrected chi connectivity index (χ3v) is 6.77. The molecular formula is C32H38N4O8. The summed E-state index contributed by atoms with van der Waals surface area (Å²) in [5.74, 6) is -1.44. The predicted octanol–water partition coefficient (Wildman–Crippen LogP) is 3.05. The quantitative estimate of drug-likeness (QED) is 0.166. The molecule has 0 atom stereocenters. The molecule has 0 radical (unpaired) electrons. The van der Waals surface area contributed by atoms with E-state index >= 15 is 0 Å². The highest BCUT2D eigenvalue weighted by Crippen LogP contribution is 2.32. The van der Waals surface area contributed by atoms with E-state index in [4.69, 9.17) is 19.1 Å². The van der Waals surface area contributed by atoms with Crippen LogP contribution in [0, 0.1) is 0 Å². The van der Waals surface area contributed by atoms with Crippen molar-refractivity contribution in [2.45, 2.75) is 39.5 Å². The maximum Gasteiger partial charge on any atom is 0.333 e. The Labute approximate surface area is 255 Å². The molecule has 0 N–H and O–H groups in total. The molecule has 2 aromatic heterocycles. The lowest BCUT2D eigenvalue weighted by molar-refractivity contribution is -0.150. The zero-order valence-electron chi connectivity index (χ0n) is 25.9. The molecule has 0 aliphatic carbocycles. The van der Waals surface area contributed by atoms with Gasteiger partial charge in [0.2, 0.25) is 0 Å². The number of ether oxygens (including phenoxy) is 2. The summed E-state index contributed by atoms with van der Waals surface area (Å²) in [6.45, 7) is 4.10. The van der Waals surface area contributed by atoms with E-state index in [0.717, 1.165) is 24.2 Å². The molecule has 4 aromatic rings. The Bertz CT molecular complexity index is 1560. The van der Waals surface area contributed by atoms with Crippen LogP contribution in [-0.2, 0) is 32.0 Å². The van der Waals surface area contributed by atoms with Gasteiger partial charge in [-0.2, -0.15) is 9.46 Å². The van der Waals surface area contributed by atoms with Gasteiger partial charge in [-0.15, -0.1) is 0 Å². The number of carbonyl (C=O) groups excluding carboxylic acids is 4. The van der Waals surface area contributed by atoms with E-state index in [9.17, 15) is 19.2 Å². The minimum absolute atomic E-state index is 0.236. The first-order valence-electron chi connectivity index (χ1n) is 14.3. The average Bonchev–Trinajstić information content (AvgIpc) is 3.48. The van der Waals surface area contributed by atoms with Crippen LogP contribution in [0.4, 0.5) is 0 Å².